The number of ether oxygens (including phenoxy) is 1. The van der Waals surface area contributed by atoms with Gasteiger partial charge in [-0.05, 0) is 12.1 Å². The zero-order chi connectivity index (χ0) is 10.0. The molecule has 0 unspecified atom stereocenters. The molecule has 0 saturated heterocycles. The maximum Gasteiger partial charge on any atom is 0.340 e. The van der Waals surface area contributed by atoms with Crippen molar-refractivity contribution < 1.29 is 18.3 Å². The Kier molecular flexibility index (Phi) is 2.83. The number of hydrogen-bond acceptors (Lipinski definition) is 2. The zero-order valence-corrected chi connectivity index (χ0v) is 7.36. The molecule has 5 heteroatoms. The van der Waals surface area contributed by atoms with Crippen LogP contribution in [0, 0.1) is 11.6 Å². The summed E-state index contributed by atoms with van der Waals surface area (Å²) >= 11 is 5.27. The molecule has 0 fully saturated rings. The van der Waals surface area contributed by atoms with Crippen LogP contribution >= 0.6 is 11.6 Å². The molecule has 1 rings (SSSR count). The van der Waals surface area contributed by atoms with Gasteiger partial charge < -0.3 is 4.74 Å². The van der Waals surface area contributed by atoms with Crippen molar-refractivity contribution in [3.8, 4) is 0 Å². The van der Waals surface area contributed by atoms with Gasteiger partial charge in [0.1, 0.15) is 11.6 Å². The van der Waals surface area contributed by atoms with Gasteiger partial charge in [0.2, 0.25) is 0 Å². The van der Waals surface area contributed by atoms with E-state index in [1.165, 1.54) is 0 Å². The number of methoxy groups -OCH3 is 1. The second kappa shape index (κ2) is 3.70. The number of carbonyl (C=O) groups excluding carboxylic acids is 1. The molecule has 70 valence electrons. The summed E-state index contributed by atoms with van der Waals surface area (Å²) in [4.78, 5) is 10.8. The first-order valence-electron chi connectivity index (χ1n) is 3.29. The van der Waals surface area contributed by atoms with Gasteiger partial charge in [0.25, 0.3) is 0 Å². The van der Waals surface area contributed by atoms with E-state index in [1.807, 2.05) is 0 Å². The van der Waals surface area contributed by atoms with E-state index < -0.39 is 23.2 Å². The quantitative estimate of drug-likeness (QED) is 0.521. The third-order valence-electron chi connectivity index (χ3n) is 1.42. The molecule has 0 saturated carbocycles. The number of halogens is 3. The van der Waals surface area contributed by atoms with Gasteiger partial charge in [0.05, 0.1) is 17.7 Å². The molecule has 1 aromatic carbocycles. The molecule has 0 bridgehead atoms. The Hall–Kier alpha value is -1.16. The van der Waals surface area contributed by atoms with E-state index in [0.717, 1.165) is 13.2 Å². The van der Waals surface area contributed by atoms with Crippen LogP contribution in [0.5, 0.6) is 0 Å². The van der Waals surface area contributed by atoms with Gasteiger partial charge in [0, 0.05) is 0 Å². The summed E-state index contributed by atoms with van der Waals surface area (Å²) < 4.78 is 29.9. The van der Waals surface area contributed by atoms with Gasteiger partial charge in [-0.3, -0.25) is 0 Å². The molecule has 0 aromatic heterocycles. The summed E-state index contributed by atoms with van der Waals surface area (Å²) in [5.41, 5.74) is -0.468. The molecule has 0 spiro atoms. The van der Waals surface area contributed by atoms with E-state index in [1.54, 1.807) is 0 Å². The van der Waals surface area contributed by atoms with E-state index in [-0.39, 0.29) is 5.02 Å². The minimum Gasteiger partial charge on any atom is -0.465 e. The Labute approximate surface area is 78.1 Å². The molecular weight excluding hydrogens is 202 g/mol. The van der Waals surface area contributed by atoms with Crippen molar-refractivity contribution in [3.05, 3.63) is 34.4 Å². The Morgan fingerprint density at radius 3 is 2.54 bits per heavy atom. The third kappa shape index (κ3) is 1.95. The van der Waals surface area contributed by atoms with E-state index in [4.69, 9.17) is 11.6 Å². The molecule has 0 heterocycles. The average Bonchev–Trinajstić information content (AvgIpc) is 2.10. The summed E-state index contributed by atoms with van der Waals surface area (Å²) in [6.07, 6.45) is 0. The average molecular weight is 207 g/mol. The first-order chi connectivity index (χ1) is 6.06. The van der Waals surface area contributed by atoms with E-state index in [2.05, 4.69) is 4.74 Å². The number of benzene rings is 1. The standard InChI is InChI=1S/C8H5ClF2O2/c1-13-8(12)4-2-7(11)5(9)3-6(4)10/h2-3H,1H3. The second-order valence-corrected chi connectivity index (χ2v) is 2.64. The zero-order valence-electron chi connectivity index (χ0n) is 6.61. The second-order valence-electron chi connectivity index (χ2n) is 2.24. The predicted molar refractivity (Wildman–Crippen MR) is 42.7 cm³/mol. The highest BCUT2D eigenvalue weighted by molar-refractivity contribution is 6.30. The Balaban J connectivity index is 3.23. The van der Waals surface area contributed by atoms with Crippen LogP contribution < -0.4 is 0 Å². The summed E-state index contributed by atoms with van der Waals surface area (Å²) in [5.74, 6) is -2.70. The molecule has 0 N–H and O–H groups in total. The van der Waals surface area contributed by atoms with Crippen LogP contribution in [0.25, 0.3) is 0 Å². The smallest absolute Gasteiger partial charge is 0.340 e. The number of carbonyl (C=O) groups is 1. The fourth-order valence-electron chi connectivity index (χ4n) is 0.789. The van der Waals surface area contributed by atoms with Crippen LogP contribution in [-0.4, -0.2) is 13.1 Å². The highest BCUT2D eigenvalue weighted by atomic mass is 35.5. The summed E-state index contributed by atoms with van der Waals surface area (Å²) in [5, 5.41) is -0.370. The highest BCUT2D eigenvalue weighted by Gasteiger charge is 2.15. The van der Waals surface area contributed by atoms with Crippen LogP contribution in [0.15, 0.2) is 12.1 Å². The SMILES string of the molecule is COC(=O)c1cc(F)c(Cl)cc1F. The van der Waals surface area contributed by atoms with Gasteiger partial charge in [0.15, 0.2) is 0 Å². The lowest BCUT2D eigenvalue weighted by molar-refractivity contribution is 0.0595. The summed E-state index contributed by atoms with van der Waals surface area (Å²) in [7, 11) is 1.08. The number of rotatable bonds is 1. The van der Waals surface area contributed by atoms with E-state index in [9.17, 15) is 13.6 Å². The molecule has 13 heavy (non-hydrogen) atoms. The summed E-state index contributed by atoms with van der Waals surface area (Å²) in [6.45, 7) is 0. The van der Waals surface area contributed by atoms with Gasteiger partial charge >= 0.3 is 5.97 Å². The van der Waals surface area contributed by atoms with Crippen LogP contribution in [0.1, 0.15) is 10.4 Å². The monoisotopic (exact) mass is 206 g/mol. The van der Waals surface area contributed by atoms with Crippen LogP contribution in [0.4, 0.5) is 8.78 Å². The Bertz CT molecular complexity index is 352. The van der Waals surface area contributed by atoms with Crippen LogP contribution in [-0.2, 0) is 4.74 Å². The molecule has 0 aliphatic rings. The number of esters is 1. The lowest BCUT2D eigenvalue weighted by atomic mass is 10.2. The topological polar surface area (TPSA) is 26.3 Å². The van der Waals surface area contributed by atoms with Gasteiger partial charge in [-0.1, -0.05) is 11.6 Å². The van der Waals surface area contributed by atoms with Crippen molar-refractivity contribution in [2.75, 3.05) is 7.11 Å². The lowest BCUT2D eigenvalue weighted by Crippen LogP contribution is -2.05. The van der Waals surface area contributed by atoms with E-state index >= 15 is 0 Å². The maximum atomic E-state index is 12.9. The molecule has 0 radical (unpaired) electrons. The first-order valence-corrected chi connectivity index (χ1v) is 3.67. The van der Waals surface area contributed by atoms with Crippen LogP contribution in [0.3, 0.4) is 0 Å². The highest BCUT2D eigenvalue weighted by Crippen LogP contribution is 2.19. The molecule has 1 aromatic rings. The normalized spacial score (nSPS) is 9.85. The van der Waals surface area contributed by atoms with Crippen molar-refractivity contribution in [2.45, 2.75) is 0 Å². The maximum absolute atomic E-state index is 12.9. The Morgan fingerprint density at radius 1 is 1.38 bits per heavy atom. The predicted octanol–water partition coefficient (Wildman–Crippen LogP) is 2.40. The minimum atomic E-state index is -0.937. The minimum absolute atomic E-state index is 0.370. The van der Waals surface area contributed by atoms with Crippen LogP contribution in [0.2, 0.25) is 5.02 Å². The van der Waals surface area contributed by atoms with E-state index in [0.29, 0.717) is 6.07 Å². The molecular formula is C8H5ClF2O2. The van der Waals surface area contributed by atoms with Crippen molar-refractivity contribution in [3.63, 3.8) is 0 Å². The van der Waals surface area contributed by atoms with Gasteiger partial charge in [-0.2, -0.15) is 0 Å². The fraction of sp³-hybridized carbons (Fsp3) is 0.125. The first kappa shape index (κ1) is 9.92. The largest absolute Gasteiger partial charge is 0.465 e. The molecule has 2 nitrogen and oxygen atoms in total. The van der Waals surface area contributed by atoms with Crippen molar-refractivity contribution in [1.82, 2.24) is 0 Å². The summed E-state index contributed by atoms with van der Waals surface area (Å²) in [6, 6.07) is 1.42. The molecule has 0 aliphatic heterocycles. The molecule has 0 aliphatic carbocycles. The van der Waals surface area contributed by atoms with Crippen molar-refractivity contribution in [1.29, 1.82) is 0 Å². The fourth-order valence-corrected chi connectivity index (χ4v) is 0.939. The van der Waals surface area contributed by atoms with Gasteiger partial charge in [-0.25, -0.2) is 13.6 Å². The molecule has 0 amide bonds. The Morgan fingerprint density at radius 2 is 2.00 bits per heavy atom. The number of hydrogen-bond donors (Lipinski definition) is 0. The van der Waals surface area contributed by atoms with Gasteiger partial charge in [-0.15, -0.1) is 0 Å². The third-order valence-corrected chi connectivity index (χ3v) is 1.70. The molecule has 0 atom stereocenters. The lowest BCUT2D eigenvalue weighted by Gasteiger charge is -2.01. The van der Waals surface area contributed by atoms with Crippen molar-refractivity contribution >= 4 is 17.6 Å². The van der Waals surface area contributed by atoms with Crippen molar-refractivity contribution in [2.24, 2.45) is 0 Å².